The molecule has 0 aliphatic carbocycles. The predicted octanol–water partition coefficient (Wildman–Crippen LogP) is 3.41. The fourth-order valence-corrected chi connectivity index (χ4v) is 2.88. The van der Waals surface area contributed by atoms with Gasteiger partial charge in [0.25, 0.3) is 0 Å². The topological polar surface area (TPSA) is 41.6 Å². The van der Waals surface area contributed by atoms with E-state index in [1.54, 1.807) is 0 Å². The number of nitrogens with zero attached hydrogens (tertiary/aromatic N) is 1. The van der Waals surface area contributed by atoms with Crippen LogP contribution in [0.15, 0.2) is 4.79 Å². The fourth-order valence-electron chi connectivity index (χ4n) is 2.37. The van der Waals surface area contributed by atoms with Gasteiger partial charge in [-0.2, -0.15) is 5.06 Å². The molecule has 120 valence electrons. The molecule has 0 atom stereocenters. The fraction of sp³-hybridized carbons (Fsp3) is 0.750. The lowest BCUT2D eigenvalue weighted by atomic mass is 9.83. The molecule has 0 aliphatic rings. The van der Waals surface area contributed by atoms with Gasteiger partial charge in [-0.1, -0.05) is 46.8 Å². The third-order valence-corrected chi connectivity index (χ3v) is 3.67. The molecule has 1 rings (SSSR count). The second-order valence-corrected chi connectivity index (χ2v) is 6.76. The van der Waals surface area contributed by atoms with Crippen LogP contribution in [0.5, 0.6) is 0 Å². The van der Waals surface area contributed by atoms with Gasteiger partial charge in [-0.3, -0.25) is 9.63 Å². The summed E-state index contributed by atoms with van der Waals surface area (Å²) in [4.78, 5) is 17.6. The molecule has 0 saturated carbocycles. The molecule has 0 bridgehead atoms. The molecule has 1 N–H and O–H groups in total. The number of nitrogens with one attached hydrogen (secondary N) is 1. The average molecular weight is 312 g/mol. The van der Waals surface area contributed by atoms with Crippen LogP contribution in [-0.4, -0.2) is 31.3 Å². The van der Waals surface area contributed by atoms with Crippen LogP contribution in [0.3, 0.4) is 0 Å². The van der Waals surface area contributed by atoms with Crippen molar-refractivity contribution in [3.63, 3.8) is 0 Å². The first-order chi connectivity index (χ1) is 9.82. The van der Waals surface area contributed by atoms with Crippen LogP contribution < -0.4 is 10.7 Å². The van der Waals surface area contributed by atoms with E-state index in [-0.39, 0.29) is 10.8 Å². The van der Waals surface area contributed by atoms with Gasteiger partial charge in [0.15, 0.2) is 0 Å². The summed E-state index contributed by atoms with van der Waals surface area (Å²) < 4.78 is 0.476. The number of anilines is 1. The van der Waals surface area contributed by atoms with Crippen LogP contribution >= 0.6 is 12.2 Å². The van der Waals surface area contributed by atoms with E-state index in [0.717, 1.165) is 31.5 Å². The average Bonchev–Trinajstić information content (AvgIpc) is 2.40. The Balaban J connectivity index is 2.49. The van der Waals surface area contributed by atoms with E-state index in [1.165, 1.54) is 0 Å². The molecule has 0 fully saturated rings. The molecular weight excluding hydrogens is 284 g/mol. The van der Waals surface area contributed by atoms with Gasteiger partial charge in [-0.15, -0.1) is 0 Å². The molecule has 0 aliphatic heterocycles. The Morgan fingerprint density at radius 2 is 1.76 bits per heavy atom. The minimum atomic E-state index is -0.0926. The van der Waals surface area contributed by atoms with Crippen LogP contribution in [0, 0.1) is 4.51 Å². The van der Waals surface area contributed by atoms with Gasteiger partial charge < -0.3 is 5.32 Å². The normalized spacial score (nSPS) is 12.3. The zero-order valence-electron chi connectivity index (χ0n) is 13.9. The van der Waals surface area contributed by atoms with Gasteiger partial charge in [-0.25, -0.2) is 0 Å². The molecule has 0 amide bonds. The van der Waals surface area contributed by atoms with Crippen molar-refractivity contribution in [2.24, 2.45) is 0 Å². The first-order valence-electron chi connectivity index (χ1n) is 7.78. The SMILES string of the molecule is CCCN(CCC)OCCNc1c(C(C)(C)C)c(=S)c1=O. The van der Waals surface area contributed by atoms with Gasteiger partial charge in [-0.05, 0) is 18.3 Å². The zero-order chi connectivity index (χ0) is 16.0. The van der Waals surface area contributed by atoms with Crippen molar-refractivity contribution >= 4 is 17.9 Å². The zero-order valence-corrected chi connectivity index (χ0v) is 14.7. The molecule has 1 aromatic rings. The van der Waals surface area contributed by atoms with Crippen molar-refractivity contribution in [2.75, 3.05) is 31.6 Å². The highest BCUT2D eigenvalue weighted by Gasteiger charge is 2.27. The number of hydroxylamine groups is 2. The van der Waals surface area contributed by atoms with E-state index in [9.17, 15) is 4.79 Å². The Morgan fingerprint density at radius 1 is 1.19 bits per heavy atom. The van der Waals surface area contributed by atoms with Gasteiger partial charge in [0.2, 0.25) is 5.43 Å². The number of rotatable bonds is 9. The third kappa shape index (κ3) is 4.87. The van der Waals surface area contributed by atoms with Crippen molar-refractivity contribution in [1.29, 1.82) is 0 Å². The second-order valence-electron chi connectivity index (χ2n) is 6.35. The summed E-state index contributed by atoms with van der Waals surface area (Å²) in [6, 6.07) is 0. The Hall–Kier alpha value is -0.780. The van der Waals surface area contributed by atoms with Crippen molar-refractivity contribution in [2.45, 2.75) is 52.9 Å². The first kappa shape index (κ1) is 18.3. The van der Waals surface area contributed by atoms with Crippen LogP contribution in [0.2, 0.25) is 0 Å². The summed E-state index contributed by atoms with van der Waals surface area (Å²) in [6.45, 7) is 13.5. The number of hydrogen-bond acceptors (Lipinski definition) is 5. The summed E-state index contributed by atoms with van der Waals surface area (Å²) in [6.07, 6.45) is 2.14. The highest BCUT2D eigenvalue weighted by atomic mass is 32.1. The van der Waals surface area contributed by atoms with Gasteiger partial charge in [0.1, 0.15) is 0 Å². The molecule has 5 heteroatoms. The van der Waals surface area contributed by atoms with Crippen molar-refractivity contribution < 1.29 is 4.84 Å². The molecule has 0 spiro atoms. The molecule has 0 saturated heterocycles. The summed E-state index contributed by atoms with van der Waals surface area (Å²) in [5.41, 5.74) is 1.52. The van der Waals surface area contributed by atoms with Crippen molar-refractivity contribution in [1.82, 2.24) is 5.06 Å². The minimum absolute atomic E-state index is 0.0334. The second kappa shape index (κ2) is 8.01. The van der Waals surface area contributed by atoms with E-state index in [0.29, 0.717) is 23.3 Å². The van der Waals surface area contributed by atoms with Crippen molar-refractivity contribution in [3.05, 3.63) is 20.3 Å². The Kier molecular flexibility index (Phi) is 6.97. The maximum Gasteiger partial charge on any atom is 0.220 e. The molecular formula is C16H28N2O2S. The van der Waals surface area contributed by atoms with E-state index in [2.05, 4.69) is 39.9 Å². The monoisotopic (exact) mass is 312 g/mol. The third-order valence-electron chi connectivity index (χ3n) is 3.28. The summed E-state index contributed by atoms with van der Waals surface area (Å²) in [5, 5.41) is 5.18. The first-order valence-corrected chi connectivity index (χ1v) is 8.19. The van der Waals surface area contributed by atoms with Crippen LogP contribution in [0.25, 0.3) is 0 Å². The van der Waals surface area contributed by atoms with E-state index < -0.39 is 0 Å². The molecule has 4 nitrogen and oxygen atoms in total. The highest BCUT2D eigenvalue weighted by molar-refractivity contribution is 7.71. The molecule has 0 aromatic heterocycles. The maximum atomic E-state index is 11.8. The van der Waals surface area contributed by atoms with E-state index >= 15 is 0 Å². The van der Waals surface area contributed by atoms with Gasteiger partial charge in [0.05, 0.1) is 16.8 Å². The summed E-state index contributed by atoms with van der Waals surface area (Å²) in [5.74, 6) is 0. The number of hydrogen-bond donors (Lipinski definition) is 1. The predicted molar refractivity (Wildman–Crippen MR) is 91.2 cm³/mol. The molecule has 0 unspecified atom stereocenters. The van der Waals surface area contributed by atoms with Gasteiger partial charge in [0, 0.05) is 25.2 Å². The van der Waals surface area contributed by atoms with E-state index in [4.69, 9.17) is 17.1 Å². The van der Waals surface area contributed by atoms with Crippen LogP contribution in [0.4, 0.5) is 5.69 Å². The van der Waals surface area contributed by atoms with Crippen molar-refractivity contribution in [3.8, 4) is 0 Å². The Morgan fingerprint density at radius 3 is 2.24 bits per heavy atom. The lowest BCUT2D eigenvalue weighted by Gasteiger charge is -2.26. The molecule has 21 heavy (non-hydrogen) atoms. The highest BCUT2D eigenvalue weighted by Crippen LogP contribution is 2.30. The summed E-state index contributed by atoms with van der Waals surface area (Å²) in [7, 11) is 0. The Labute approximate surface area is 133 Å². The summed E-state index contributed by atoms with van der Waals surface area (Å²) >= 11 is 5.16. The van der Waals surface area contributed by atoms with Gasteiger partial charge >= 0.3 is 0 Å². The van der Waals surface area contributed by atoms with Crippen LogP contribution in [-0.2, 0) is 10.3 Å². The van der Waals surface area contributed by atoms with E-state index in [1.807, 2.05) is 5.06 Å². The Bertz CT molecular complexity index is 507. The standard InChI is InChI=1S/C16H28N2O2S/c1-6-9-18(10-7-2)20-11-8-17-13-12(16(3,4)5)15(21)14(13)19/h17H,6-11H2,1-5H3. The minimum Gasteiger partial charge on any atom is -0.379 e. The quantitative estimate of drug-likeness (QED) is 0.430. The van der Waals surface area contributed by atoms with Crippen LogP contribution in [0.1, 0.15) is 53.0 Å². The molecule has 0 radical (unpaired) electrons. The smallest absolute Gasteiger partial charge is 0.220 e. The maximum absolute atomic E-state index is 11.8. The molecule has 0 heterocycles. The molecule has 1 aromatic carbocycles. The lowest BCUT2D eigenvalue weighted by Crippen LogP contribution is -2.32. The largest absolute Gasteiger partial charge is 0.379 e. The lowest BCUT2D eigenvalue weighted by molar-refractivity contribution is -0.155.